The Morgan fingerprint density at radius 2 is 1.87 bits per heavy atom. The number of para-hydroxylation sites is 1. The van der Waals surface area contributed by atoms with E-state index in [0.29, 0.717) is 22.0 Å². The minimum Gasteiger partial charge on any atom is -0.467 e. The molecule has 10 heteroatoms. The molecule has 0 saturated carbocycles. The third-order valence-corrected chi connectivity index (χ3v) is 6.91. The molecule has 0 aliphatic carbocycles. The molecule has 5 aromatic rings. The van der Waals surface area contributed by atoms with Crippen LogP contribution in [0.2, 0.25) is 10.0 Å². The number of carbonyl (C=O) groups excluding carboxylic acids is 2. The van der Waals surface area contributed by atoms with E-state index in [4.69, 9.17) is 32.7 Å². The fraction of sp³-hybridized carbons (Fsp3) is 0.0357. The molecule has 0 aliphatic rings. The zero-order chi connectivity index (χ0) is 26.5. The average molecular weight is 563 g/mol. The molecule has 0 fully saturated rings. The number of benzene rings is 2. The second kappa shape index (κ2) is 11.5. The topological polar surface area (TPSA) is 89.2 Å². The number of furan rings is 1. The lowest BCUT2D eigenvalue weighted by Gasteiger charge is -2.11. The summed E-state index contributed by atoms with van der Waals surface area (Å²) in [7, 11) is 0. The SMILES string of the molecule is O=C(NCc1ccco1)C(=Cc1cn(-c2ccccc2)nc1-c1cccs1)NC(=O)c1ccc(Cl)cc1Cl. The molecule has 7 nitrogen and oxygen atoms in total. The van der Waals surface area contributed by atoms with Crippen LogP contribution in [-0.2, 0) is 11.3 Å². The highest BCUT2D eigenvalue weighted by atomic mass is 35.5. The van der Waals surface area contributed by atoms with Gasteiger partial charge in [0.1, 0.15) is 17.2 Å². The summed E-state index contributed by atoms with van der Waals surface area (Å²) in [6, 6.07) is 21.5. The smallest absolute Gasteiger partial charge is 0.268 e. The van der Waals surface area contributed by atoms with Crippen molar-refractivity contribution < 1.29 is 14.0 Å². The quantitative estimate of drug-likeness (QED) is 0.209. The summed E-state index contributed by atoms with van der Waals surface area (Å²) in [5.41, 5.74) is 2.35. The standard InChI is InChI=1S/C28H20Cl2N4O3S/c29-19-10-11-22(23(30)15-19)27(35)32-24(28(36)31-16-21-8-4-12-37-21)14-18-17-34(20-6-2-1-3-7-20)33-26(18)25-9-5-13-38-25/h1-15,17H,16H2,(H,31,36)(H,32,35). The second-order valence-electron chi connectivity index (χ2n) is 8.09. The lowest BCUT2D eigenvalue weighted by Crippen LogP contribution is -2.34. The number of nitrogens with one attached hydrogen (secondary N) is 2. The van der Waals surface area contributed by atoms with Gasteiger partial charge < -0.3 is 15.1 Å². The maximum atomic E-state index is 13.3. The molecular formula is C28H20Cl2N4O3S. The first kappa shape index (κ1) is 25.5. The Morgan fingerprint density at radius 1 is 1.03 bits per heavy atom. The third-order valence-electron chi connectivity index (χ3n) is 5.49. The van der Waals surface area contributed by atoms with Gasteiger partial charge in [-0.15, -0.1) is 11.3 Å². The van der Waals surface area contributed by atoms with Crippen LogP contribution in [0.1, 0.15) is 21.7 Å². The number of aromatic nitrogens is 2. The maximum Gasteiger partial charge on any atom is 0.268 e. The van der Waals surface area contributed by atoms with Crippen molar-refractivity contribution in [1.82, 2.24) is 20.4 Å². The third kappa shape index (κ3) is 5.89. The summed E-state index contributed by atoms with van der Waals surface area (Å²) in [6.45, 7) is 0.141. The molecule has 2 N–H and O–H groups in total. The van der Waals surface area contributed by atoms with Crippen molar-refractivity contribution in [3.63, 3.8) is 0 Å². The van der Waals surface area contributed by atoms with Crippen LogP contribution in [-0.4, -0.2) is 21.6 Å². The molecule has 0 unspecified atom stereocenters. The van der Waals surface area contributed by atoms with Gasteiger partial charge in [-0.05, 0) is 60.0 Å². The van der Waals surface area contributed by atoms with E-state index >= 15 is 0 Å². The van der Waals surface area contributed by atoms with Gasteiger partial charge in [0.15, 0.2) is 0 Å². The van der Waals surface area contributed by atoms with E-state index in [1.54, 1.807) is 29.0 Å². The highest BCUT2D eigenvalue weighted by Crippen LogP contribution is 2.29. The molecule has 3 heterocycles. The van der Waals surface area contributed by atoms with Crippen LogP contribution >= 0.6 is 34.5 Å². The zero-order valence-electron chi connectivity index (χ0n) is 19.7. The van der Waals surface area contributed by atoms with Crippen molar-refractivity contribution in [1.29, 1.82) is 0 Å². The van der Waals surface area contributed by atoms with Gasteiger partial charge in [0.25, 0.3) is 11.8 Å². The Kier molecular flexibility index (Phi) is 7.74. The van der Waals surface area contributed by atoms with Gasteiger partial charge in [-0.1, -0.05) is 47.5 Å². The number of nitrogens with zero attached hydrogens (tertiary/aromatic N) is 2. The van der Waals surface area contributed by atoms with Crippen LogP contribution in [0.25, 0.3) is 22.3 Å². The minimum absolute atomic E-state index is 0.0120. The molecule has 0 atom stereocenters. The van der Waals surface area contributed by atoms with Crippen molar-refractivity contribution >= 4 is 52.4 Å². The van der Waals surface area contributed by atoms with E-state index in [9.17, 15) is 9.59 Å². The molecule has 0 bridgehead atoms. The van der Waals surface area contributed by atoms with Crippen molar-refractivity contribution in [3.8, 4) is 16.3 Å². The number of thiophene rings is 1. The van der Waals surface area contributed by atoms with Gasteiger partial charge in [-0.25, -0.2) is 4.68 Å². The highest BCUT2D eigenvalue weighted by Gasteiger charge is 2.20. The van der Waals surface area contributed by atoms with Crippen LogP contribution in [0.15, 0.2) is 101 Å². The summed E-state index contributed by atoms with van der Waals surface area (Å²) in [4.78, 5) is 27.4. The fourth-order valence-corrected chi connectivity index (χ4v) is 4.89. The number of amides is 2. The van der Waals surface area contributed by atoms with E-state index in [-0.39, 0.29) is 22.8 Å². The number of halogens is 2. The molecule has 3 aromatic heterocycles. The van der Waals surface area contributed by atoms with E-state index in [1.807, 2.05) is 54.0 Å². The Balaban J connectivity index is 1.54. The van der Waals surface area contributed by atoms with Crippen LogP contribution in [0.4, 0.5) is 0 Å². The first-order valence-electron chi connectivity index (χ1n) is 11.5. The number of hydrogen-bond acceptors (Lipinski definition) is 5. The zero-order valence-corrected chi connectivity index (χ0v) is 22.1. The Labute approximate surface area is 232 Å². The van der Waals surface area contributed by atoms with Crippen molar-refractivity contribution in [2.75, 3.05) is 0 Å². The molecule has 190 valence electrons. The van der Waals surface area contributed by atoms with Gasteiger partial charge in [0.05, 0.1) is 34.0 Å². The van der Waals surface area contributed by atoms with Crippen LogP contribution in [0.5, 0.6) is 0 Å². The molecular weight excluding hydrogens is 543 g/mol. The van der Waals surface area contributed by atoms with Crippen LogP contribution < -0.4 is 10.6 Å². The van der Waals surface area contributed by atoms with Gasteiger partial charge in [0, 0.05) is 16.8 Å². The lowest BCUT2D eigenvalue weighted by molar-refractivity contribution is -0.118. The number of carbonyl (C=O) groups is 2. The van der Waals surface area contributed by atoms with E-state index in [2.05, 4.69) is 10.6 Å². The van der Waals surface area contributed by atoms with Gasteiger partial charge in [-0.3, -0.25) is 9.59 Å². The van der Waals surface area contributed by atoms with Crippen molar-refractivity contribution in [3.05, 3.63) is 123 Å². The molecule has 38 heavy (non-hydrogen) atoms. The first-order chi connectivity index (χ1) is 18.5. The molecule has 0 saturated heterocycles. The minimum atomic E-state index is -0.556. The number of rotatable bonds is 8. The summed E-state index contributed by atoms with van der Waals surface area (Å²) < 4.78 is 7.05. The number of hydrogen-bond donors (Lipinski definition) is 2. The summed E-state index contributed by atoms with van der Waals surface area (Å²) in [6.07, 6.45) is 4.93. The highest BCUT2D eigenvalue weighted by molar-refractivity contribution is 7.13. The predicted octanol–water partition coefficient (Wildman–Crippen LogP) is 6.59. The Hall–Kier alpha value is -4.11. The van der Waals surface area contributed by atoms with Crippen molar-refractivity contribution in [2.45, 2.75) is 6.54 Å². The van der Waals surface area contributed by atoms with Gasteiger partial charge in [-0.2, -0.15) is 5.10 Å². The Morgan fingerprint density at radius 3 is 2.58 bits per heavy atom. The molecule has 5 rings (SSSR count). The second-order valence-corrected chi connectivity index (χ2v) is 9.88. The van der Waals surface area contributed by atoms with E-state index < -0.39 is 11.8 Å². The predicted molar refractivity (Wildman–Crippen MR) is 149 cm³/mol. The maximum absolute atomic E-state index is 13.3. The Bertz CT molecular complexity index is 1590. The molecule has 2 aromatic carbocycles. The van der Waals surface area contributed by atoms with E-state index in [1.165, 1.54) is 29.7 Å². The lowest BCUT2D eigenvalue weighted by atomic mass is 10.1. The summed E-state index contributed by atoms with van der Waals surface area (Å²) in [5.74, 6) is -0.496. The molecule has 0 aliphatic heterocycles. The normalized spacial score (nSPS) is 11.4. The van der Waals surface area contributed by atoms with Crippen molar-refractivity contribution in [2.24, 2.45) is 0 Å². The van der Waals surface area contributed by atoms with Gasteiger partial charge in [0.2, 0.25) is 0 Å². The molecule has 0 radical (unpaired) electrons. The monoisotopic (exact) mass is 562 g/mol. The molecule has 2 amide bonds. The van der Waals surface area contributed by atoms with Gasteiger partial charge >= 0.3 is 0 Å². The fourth-order valence-electron chi connectivity index (χ4n) is 3.66. The molecule has 0 spiro atoms. The largest absolute Gasteiger partial charge is 0.467 e. The summed E-state index contributed by atoms with van der Waals surface area (Å²) in [5, 5.41) is 12.8. The summed E-state index contributed by atoms with van der Waals surface area (Å²) >= 11 is 13.8. The average Bonchev–Trinajstić information content (AvgIpc) is 3.69. The van der Waals surface area contributed by atoms with Crippen LogP contribution in [0, 0.1) is 0 Å². The van der Waals surface area contributed by atoms with Crippen LogP contribution in [0.3, 0.4) is 0 Å². The van der Waals surface area contributed by atoms with E-state index in [0.717, 1.165) is 10.6 Å². The first-order valence-corrected chi connectivity index (χ1v) is 13.1.